The third-order valence-corrected chi connectivity index (χ3v) is 2.07. The molecule has 2 aromatic heterocycles. The second kappa shape index (κ2) is 2.32. The van der Waals surface area contributed by atoms with Crippen molar-refractivity contribution in [2.45, 2.75) is 6.54 Å². The second-order valence-electron chi connectivity index (χ2n) is 2.87. The molecule has 64 valence electrons. The van der Waals surface area contributed by atoms with Crippen LogP contribution in [0.1, 0.15) is 5.76 Å². The number of hydrogen-bond donors (Lipinski definition) is 1. The minimum atomic E-state index is 0.596. The van der Waals surface area contributed by atoms with Crippen LogP contribution < -0.4 is 5.32 Å². The normalized spacial score (nSPS) is 14.2. The summed E-state index contributed by atoms with van der Waals surface area (Å²) in [5, 5.41) is 4.08. The Morgan fingerprint density at radius 1 is 1.46 bits per heavy atom. The van der Waals surface area contributed by atoms with Crippen LogP contribution in [0.5, 0.6) is 0 Å². The number of anilines is 1. The highest BCUT2D eigenvalue weighted by atomic mass is 16.3. The molecule has 13 heavy (non-hydrogen) atoms. The van der Waals surface area contributed by atoms with Crippen molar-refractivity contribution in [3.05, 3.63) is 24.1 Å². The molecule has 4 heteroatoms. The Labute approximate surface area is 74.3 Å². The number of aliphatic imine (C=N–C) groups is 1. The highest BCUT2D eigenvalue weighted by Crippen LogP contribution is 2.30. The molecule has 0 spiro atoms. The first-order valence-electron chi connectivity index (χ1n) is 4.06. The predicted molar refractivity (Wildman–Crippen MR) is 49.8 cm³/mol. The Morgan fingerprint density at radius 3 is 3.46 bits per heavy atom. The number of rotatable bonds is 0. The molecular weight excluding hydrogens is 166 g/mol. The quantitative estimate of drug-likeness (QED) is 0.660. The van der Waals surface area contributed by atoms with E-state index in [1.165, 1.54) is 0 Å². The van der Waals surface area contributed by atoms with Gasteiger partial charge < -0.3 is 9.73 Å². The van der Waals surface area contributed by atoms with Crippen LogP contribution in [-0.2, 0) is 6.54 Å². The Hall–Kier alpha value is -1.84. The van der Waals surface area contributed by atoms with Crippen molar-refractivity contribution in [1.82, 2.24) is 4.98 Å². The van der Waals surface area contributed by atoms with E-state index in [9.17, 15) is 0 Å². The molecule has 1 N–H and O–H groups in total. The largest absolute Gasteiger partial charge is 0.439 e. The van der Waals surface area contributed by atoms with Crippen molar-refractivity contribution in [1.29, 1.82) is 0 Å². The lowest BCUT2D eigenvalue weighted by Gasteiger charge is -2.03. The zero-order chi connectivity index (χ0) is 8.67. The van der Waals surface area contributed by atoms with E-state index in [1.807, 2.05) is 12.1 Å². The lowest BCUT2D eigenvalue weighted by Crippen LogP contribution is -2.02. The second-order valence-corrected chi connectivity index (χ2v) is 2.87. The first-order valence-corrected chi connectivity index (χ1v) is 4.06. The summed E-state index contributed by atoms with van der Waals surface area (Å²) in [5.74, 6) is 0.858. The fraction of sp³-hybridized carbons (Fsp3) is 0.111. The predicted octanol–water partition coefficient (Wildman–Crippen LogP) is 1.78. The van der Waals surface area contributed by atoms with E-state index in [2.05, 4.69) is 15.3 Å². The fourth-order valence-corrected chi connectivity index (χ4v) is 1.49. The van der Waals surface area contributed by atoms with Crippen molar-refractivity contribution in [2.75, 3.05) is 5.32 Å². The van der Waals surface area contributed by atoms with Crippen molar-refractivity contribution >= 4 is 23.1 Å². The van der Waals surface area contributed by atoms with Crippen LogP contribution in [0.25, 0.3) is 11.1 Å². The van der Waals surface area contributed by atoms with Crippen LogP contribution >= 0.6 is 0 Å². The molecule has 1 aliphatic heterocycles. The maximum atomic E-state index is 5.50. The molecule has 1 aliphatic rings. The van der Waals surface area contributed by atoms with Gasteiger partial charge in [-0.2, -0.15) is 0 Å². The summed E-state index contributed by atoms with van der Waals surface area (Å²) >= 11 is 0. The van der Waals surface area contributed by atoms with Crippen molar-refractivity contribution in [3.8, 4) is 0 Å². The molecule has 0 saturated heterocycles. The average Bonchev–Trinajstić information content (AvgIpc) is 2.56. The van der Waals surface area contributed by atoms with Crippen LogP contribution in [0.2, 0.25) is 0 Å². The number of furan rings is 1. The molecular formula is C9H7N3O. The Morgan fingerprint density at radius 2 is 2.46 bits per heavy atom. The van der Waals surface area contributed by atoms with Crippen LogP contribution in [0.4, 0.5) is 5.69 Å². The summed E-state index contributed by atoms with van der Waals surface area (Å²) in [7, 11) is 0. The summed E-state index contributed by atoms with van der Waals surface area (Å²) in [5.41, 5.74) is 1.67. The lowest BCUT2D eigenvalue weighted by atomic mass is 10.2. The molecule has 0 unspecified atom stereocenters. The summed E-state index contributed by atoms with van der Waals surface area (Å²) in [6.07, 6.45) is 3.41. The van der Waals surface area contributed by atoms with Gasteiger partial charge in [0.2, 0.25) is 5.71 Å². The Kier molecular flexibility index (Phi) is 1.19. The maximum absolute atomic E-state index is 5.50. The fourth-order valence-electron chi connectivity index (χ4n) is 1.49. The van der Waals surface area contributed by atoms with Crippen LogP contribution in [0.15, 0.2) is 27.7 Å². The zero-order valence-electron chi connectivity index (χ0n) is 6.82. The molecule has 0 atom stereocenters. The molecule has 0 radical (unpaired) electrons. The zero-order valence-corrected chi connectivity index (χ0v) is 6.82. The van der Waals surface area contributed by atoms with Crippen molar-refractivity contribution < 1.29 is 4.42 Å². The topological polar surface area (TPSA) is 50.4 Å². The molecule has 0 saturated carbocycles. The Bertz CT molecular complexity index is 487. The third-order valence-electron chi connectivity index (χ3n) is 2.07. The van der Waals surface area contributed by atoms with E-state index in [-0.39, 0.29) is 0 Å². The first-order chi connectivity index (χ1) is 6.45. The molecule has 0 amide bonds. The smallest absolute Gasteiger partial charge is 0.228 e. The molecule has 0 aromatic carbocycles. The average molecular weight is 173 g/mol. The van der Waals surface area contributed by atoms with Gasteiger partial charge in [0.15, 0.2) is 5.76 Å². The SMILES string of the molecule is C1=NCc2oc3ncccc3c2N1. The van der Waals surface area contributed by atoms with Crippen LogP contribution in [-0.4, -0.2) is 11.3 Å². The first kappa shape index (κ1) is 6.65. The number of nitrogens with zero attached hydrogens (tertiary/aromatic N) is 2. The summed E-state index contributed by atoms with van der Waals surface area (Å²) < 4.78 is 5.50. The van der Waals surface area contributed by atoms with Crippen molar-refractivity contribution in [2.24, 2.45) is 4.99 Å². The molecule has 4 nitrogen and oxygen atoms in total. The molecule has 0 bridgehead atoms. The van der Waals surface area contributed by atoms with Crippen LogP contribution in [0, 0.1) is 0 Å². The van der Waals surface area contributed by atoms with E-state index in [0.29, 0.717) is 12.3 Å². The highest BCUT2D eigenvalue weighted by molar-refractivity contribution is 5.96. The van der Waals surface area contributed by atoms with Gasteiger partial charge >= 0.3 is 0 Å². The lowest BCUT2D eigenvalue weighted by molar-refractivity contribution is 0.544. The highest BCUT2D eigenvalue weighted by Gasteiger charge is 2.15. The summed E-state index contributed by atoms with van der Waals surface area (Å²) in [4.78, 5) is 8.18. The third kappa shape index (κ3) is 0.853. The minimum absolute atomic E-state index is 0.596. The molecule has 0 aliphatic carbocycles. The van der Waals surface area contributed by atoms with E-state index >= 15 is 0 Å². The molecule has 3 heterocycles. The van der Waals surface area contributed by atoms with Crippen LogP contribution in [0.3, 0.4) is 0 Å². The van der Waals surface area contributed by atoms with Gasteiger partial charge in [-0.3, -0.25) is 4.99 Å². The van der Waals surface area contributed by atoms with Gasteiger partial charge in [-0.1, -0.05) is 0 Å². The number of pyridine rings is 1. The monoisotopic (exact) mass is 173 g/mol. The van der Waals surface area contributed by atoms with Gasteiger partial charge in [0.05, 0.1) is 17.4 Å². The minimum Gasteiger partial charge on any atom is -0.439 e. The van der Waals surface area contributed by atoms with Gasteiger partial charge in [-0.15, -0.1) is 0 Å². The maximum Gasteiger partial charge on any atom is 0.228 e. The van der Waals surface area contributed by atoms with Gasteiger partial charge in [-0.05, 0) is 12.1 Å². The van der Waals surface area contributed by atoms with E-state index in [4.69, 9.17) is 4.42 Å². The van der Waals surface area contributed by atoms with Gasteiger partial charge in [0.1, 0.15) is 6.54 Å². The Balaban J connectivity index is 2.37. The van der Waals surface area contributed by atoms with E-state index < -0.39 is 0 Å². The number of fused-ring (bicyclic) bond motifs is 3. The number of aromatic nitrogens is 1. The summed E-state index contributed by atoms with van der Waals surface area (Å²) in [6.45, 7) is 0.596. The van der Waals surface area contributed by atoms with E-state index in [1.54, 1.807) is 12.5 Å². The van der Waals surface area contributed by atoms with Gasteiger partial charge in [0, 0.05) is 6.20 Å². The molecule has 2 aromatic rings. The summed E-state index contributed by atoms with van der Waals surface area (Å²) in [6, 6.07) is 3.88. The number of nitrogens with one attached hydrogen (secondary N) is 1. The van der Waals surface area contributed by atoms with Crippen molar-refractivity contribution in [3.63, 3.8) is 0 Å². The molecule has 3 rings (SSSR count). The molecule has 0 fully saturated rings. The van der Waals surface area contributed by atoms with E-state index in [0.717, 1.165) is 16.8 Å². The van der Waals surface area contributed by atoms with Gasteiger partial charge in [-0.25, -0.2) is 4.98 Å². The standard InChI is InChI=1S/C9H7N3O/c1-2-6-8-7(4-10-5-12-8)13-9(6)11-3-1/h1-3,5H,4H2,(H,10,12). The number of hydrogen-bond acceptors (Lipinski definition) is 4. The van der Waals surface area contributed by atoms with Gasteiger partial charge in [0.25, 0.3) is 0 Å².